The van der Waals surface area contributed by atoms with Crippen molar-refractivity contribution in [2.45, 2.75) is 44.0 Å². The van der Waals surface area contributed by atoms with Gasteiger partial charge >= 0.3 is 0 Å². The van der Waals surface area contributed by atoms with Crippen LogP contribution < -0.4 is 0 Å². The SMILES string of the molecule is C[C@]12CC[C@](O)(CCc3ccccc31)O2. The van der Waals surface area contributed by atoms with Gasteiger partial charge in [0, 0.05) is 12.8 Å². The minimum absolute atomic E-state index is 0.276. The van der Waals surface area contributed by atoms with Gasteiger partial charge in [-0.1, -0.05) is 24.3 Å². The van der Waals surface area contributed by atoms with Crippen molar-refractivity contribution < 1.29 is 9.84 Å². The topological polar surface area (TPSA) is 29.5 Å². The van der Waals surface area contributed by atoms with Crippen LogP contribution in [0.25, 0.3) is 0 Å². The fraction of sp³-hybridized carbons (Fsp3) is 0.538. The number of fused-ring (bicyclic) bond motifs is 4. The highest BCUT2D eigenvalue weighted by Gasteiger charge is 2.48. The largest absolute Gasteiger partial charge is 0.365 e. The van der Waals surface area contributed by atoms with Gasteiger partial charge < -0.3 is 9.84 Å². The third-order valence-corrected chi connectivity index (χ3v) is 3.78. The maximum absolute atomic E-state index is 10.2. The summed E-state index contributed by atoms with van der Waals surface area (Å²) in [5.74, 6) is -0.881. The van der Waals surface area contributed by atoms with Gasteiger partial charge in [-0.2, -0.15) is 0 Å². The number of benzene rings is 1. The molecule has 1 aromatic carbocycles. The summed E-state index contributed by atoms with van der Waals surface area (Å²) < 4.78 is 5.88. The molecule has 2 aliphatic heterocycles. The zero-order chi connectivity index (χ0) is 10.5. The summed E-state index contributed by atoms with van der Waals surface area (Å²) in [5.41, 5.74) is 2.32. The van der Waals surface area contributed by atoms with Crippen molar-refractivity contribution in [3.63, 3.8) is 0 Å². The number of aryl methyl sites for hydroxylation is 1. The zero-order valence-corrected chi connectivity index (χ0v) is 8.99. The summed E-state index contributed by atoms with van der Waals surface area (Å²) in [7, 11) is 0. The van der Waals surface area contributed by atoms with E-state index < -0.39 is 5.79 Å². The molecule has 80 valence electrons. The van der Waals surface area contributed by atoms with E-state index in [2.05, 4.69) is 31.2 Å². The molecule has 15 heavy (non-hydrogen) atoms. The van der Waals surface area contributed by atoms with Gasteiger partial charge in [0.05, 0.1) is 5.60 Å². The molecule has 3 rings (SSSR count). The Labute approximate surface area is 89.9 Å². The summed E-state index contributed by atoms with van der Waals surface area (Å²) in [6.45, 7) is 2.09. The van der Waals surface area contributed by atoms with E-state index in [0.29, 0.717) is 0 Å². The highest BCUT2D eigenvalue weighted by molar-refractivity contribution is 5.34. The standard InChI is InChI=1S/C13H16O2/c1-12-8-9-13(14,15-12)7-6-10-4-2-3-5-11(10)12/h2-5,14H,6-9H2,1H3/t12-,13-/m0/s1. The highest BCUT2D eigenvalue weighted by Crippen LogP contribution is 2.48. The Morgan fingerprint density at radius 1 is 1.20 bits per heavy atom. The first-order chi connectivity index (χ1) is 7.11. The molecule has 2 heterocycles. The van der Waals surface area contributed by atoms with Gasteiger partial charge in [0.15, 0.2) is 5.79 Å². The van der Waals surface area contributed by atoms with E-state index in [4.69, 9.17) is 4.74 Å². The fourth-order valence-electron chi connectivity index (χ4n) is 2.91. The molecule has 0 unspecified atom stereocenters. The van der Waals surface area contributed by atoms with Crippen molar-refractivity contribution in [2.75, 3.05) is 0 Å². The van der Waals surface area contributed by atoms with Crippen molar-refractivity contribution in [1.82, 2.24) is 0 Å². The molecule has 0 saturated carbocycles. The second-order valence-corrected chi connectivity index (χ2v) is 4.94. The molecule has 2 atom stereocenters. The quantitative estimate of drug-likeness (QED) is 0.703. The normalized spacial score (nSPS) is 38.5. The molecule has 0 aliphatic carbocycles. The molecule has 1 aromatic rings. The first kappa shape index (κ1) is 9.37. The van der Waals surface area contributed by atoms with Crippen molar-refractivity contribution in [2.24, 2.45) is 0 Å². The maximum Gasteiger partial charge on any atom is 0.167 e. The molecule has 1 N–H and O–H groups in total. The Balaban J connectivity index is 2.14. The summed E-state index contributed by atoms with van der Waals surface area (Å²) >= 11 is 0. The molecule has 0 spiro atoms. The maximum atomic E-state index is 10.2. The van der Waals surface area contributed by atoms with E-state index in [1.807, 2.05) is 0 Å². The lowest BCUT2D eigenvalue weighted by Gasteiger charge is -2.27. The fourth-order valence-corrected chi connectivity index (χ4v) is 2.91. The predicted molar refractivity (Wildman–Crippen MR) is 57.4 cm³/mol. The zero-order valence-electron chi connectivity index (χ0n) is 8.99. The molecular weight excluding hydrogens is 188 g/mol. The average Bonchev–Trinajstić information content (AvgIpc) is 2.48. The van der Waals surface area contributed by atoms with Gasteiger partial charge in [0.2, 0.25) is 0 Å². The van der Waals surface area contributed by atoms with Crippen LogP contribution in [0.5, 0.6) is 0 Å². The van der Waals surface area contributed by atoms with Crippen molar-refractivity contribution >= 4 is 0 Å². The number of aliphatic hydroxyl groups is 1. The van der Waals surface area contributed by atoms with E-state index in [1.165, 1.54) is 11.1 Å². The van der Waals surface area contributed by atoms with Gasteiger partial charge in [-0.3, -0.25) is 0 Å². The lowest BCUT2D eigenvalue weighted by molar-refractivity contribution is -0.221. The number of hydrogen-bond donors (Lipinski definition) is 1. The van der Waals surface area contributed by atoms with Gasteiger partial charge in [-0.25, -0.2) is 0 Å². The lowest BCUT2D eigenvalue weighted by atomic mass is 9.85. The first-order valence-electron chi connectivity index (χ1n) is 5.62. The van der Waals surface area contributed by atoms with Crippen molar-refractivity contribution in [3.8, 4) is 0 Å². The number of rotatable bonds is 0. The third kappa shape index (κ3) is 1.32. The van der Waals surface area contributed by atoms with Crippen LogP contribution in [0.2, 0.25) is 0 Å². The van der Waals surface area contributed by atoms with Crippen LogP contribution in [0, 0.1) is 0 Å². The molecule has 0 radical (unpaired) electrons. The molecule has 1 fully saturated rings. The molecule has 1 saturated heterocycles. The Kier molecular flexibility index (Phi) is 1.77. The van der Waals surface area contributed by atoms with E-state index >= 15 is 0 Å². The van der Waals surface area contributed by atoms with Gasteiger partial charge in [-0.15, -0.1) is 0 Å². The summed E-state index contributed by atoms with van der Waals surface area (Å²) in [4.78, 5) is 0. The highest BCUT2D eigenvalue weighted by atomic mass is 16.6. The van der Waals surface area contributed by atoms with Crippen LogP contribution >= 0.6 is 0 Å². The summed E-state index contributed by atoms with van der Waals surface area (Å²) in [5, 5.41) is 10.2. The van der Waals surface area contributed by atoms with Crippen LogP contribution in [-0.2, 0) is 16.8 Å². The van der Waals surface area contributed by atoms with Gasteiger partial charge in [-0.05, 0) is 30.9 Å². The molecular formula is C13H16O2. The number of ether oxygens (including phenoxy) is 1. The number of hydrogen-bond acceptors (Lipinski definition) is 2. The van der Waals surface area contributed by atoms with Gasteiger partial charge in [0.1, 0.15) is 0 Å². The lowest BCUT2D eigenvalue weighted by Crippen LogP contribution is -2.30. The second-order valence-electron chi connectivity index (χ2n) is 4.94. The van der Waals surface area contributed by atoms with Crippen molar-refractivity contribution in [3.05, 3.63) is 35.4 Å². The predicted octanol–water partition coefficient (Wildman–Crippen LogP) is 2.35. The second kappa shape index (κ2) is 2.83. The van der Waals surface area contributed by atoms with Crippen LogP contribution in [-0.4, -0.2) is 10.9 Å². The molecule has 2 nitrogen and oxygen atoms in total. The molecule has 0 amide bonds. The van der Waals surface area contributed by atoms with E-state index in [0.717, 1.165) is 25.7 Å². The smallest absolute Gasteiger partial charge is 0.167 e. The minimum atomic E-state index is -0.881. The Hall–Kier alpha value is -0.860. The summed E-state index contributed by atoms with van der Waals surface area (Å²) in [6.07, 6.45) is 3.32. The molecule has 2 heteroatoms. The van der Waals surface area contributed by atoms with Crippen LogP contribution in [0.1, 0.15) is 37.3 Å². The van der Waals surface area contributed by atoms with E-state index in [9.17, 15) is 5.11 Å². The molecule has 0 aromatic heterocycles. The van der Waals surface area contributed by atoms with Crippen LogP contribution in [0.3, 0.4) is 0 Å². The Bertz CT molecular complexity index is 401. The van der Waals surface area contributed by atoms with E-state index in [1.54, 1.807) is 0 Å². The Morgan fingerprint density at radius 3 is 2.87 bits per heavy atom. The van der Waals surface area contributed by atoms with E-state index in [-0.39, 0.29) is 5.60 Å². The third-order valence-electron chi connectivity index (χ3n) is 3.78. The minimum Gasteiger partial charge on any atom is -0.365 e. The van der Waals surface area contributed by atoms with Crippen LogP contribution in [0.4, 0.5) is 0 Å². The summed E-state index contributed by atoms with van der Waals surface area (Å²) in [6, 6.07) is 8.39. The molecule has 2 bridgehead atoms. The Morgan fingerprint density at radius 2 is 2.00 bits per heavy atom. The van der Waals surface area contributed by atoms with Crippen LogP contribution in [0.15, 0.2) is 24.3 Å². The monoisotopic (exact) mass is 204 g/mol. The molecule has 2 aliphatic rings. The average molecular weight is 204 g/mol. The first-order valence-corrected chi connectivity index (χ1v) is 5.62. The van der Waals surface area contributed by atoms with Crippen molar-refractivity contribution in [1.29, 1.82) is 0 Å². The van der Waals surface area contributed by atoms with Gasteiger partial charge in [0.25, 0.3) is 0 Å².